The fraction of sp³-hybridized carbons (Fsp3) is 0.800. The van der Waals surface area contributed by atoms with Crippen LogP contribution in [0, 0.1) is 6.57 Å². The van der Waals surface area contributed by atoms with Crippen molar-refractivity contribution in [1.82, 2.24) is 0 Å². The van der Waals surface area contributed by atoms with Gasteiger partial charge < -0.3 is 4.85 Å². The molecule has 11 heavy (non-hydrogen) atoms. The third-order valence-corrected chi connectivity index (χ3v) is 1.10. The Labute approximate surface area is 59.6 Å². The van der Waals surface area contributed by atoms with Gasteiger partial charge in [-0.2, -0.15) is 22.0 Å². The van der Waals surface area contributed by atoms with Crippen LogP contribution >= 0.6 is 0 Å². The lowest BCUT2D eigenvalue weighted by atomic mass is 10.2. The molecule has 1 unspecified atom stereocenters. The Kier molecular flexibility index (Phi) is 2.44. The molecule has 0 aromatic carbocycles. The van der Waals surface area contributed by atoms with Gasteiger partial charge in [0.2, 0.25) is 0 Å². The topological polar surface area (TPSA) is 4.36 Å². The molecular formula is C5H4F5N. The van der Waals surface area contributed by atoms with E-state index in [0.717, 1.165) is 0 Å². The second kappa shape index (κ2) is 2.64. The number of hydrogen-bond acceptors (Lipinski definition) is 0. The summed E-state index contributed by atoms with van der Waals surface area (Å²) in [5.41, 5.74) is 0. The lowest BCUT2D eigenvalue weighted by Gasteiger charge is -2.17. The quantitative estimate of drug-likeness (QED) is 0.423. The van der Waals surface area contributed by atoms with Crippen LogP contribution in [0.25, 0.3) is 4.85 Å². The van der Waals surface area contributed by atoms with E-state index >= 15 is 0 Å². The first-order valence-electron chi connectivity index (χ1n) is 2.54. The number of nitrogens with zero attached hydrogens (tertiary/aromatic N) is 1. The highest BCUT2D eigenvalue weighted by molar-refractivity contribution is 4.93. The van der Waals surface area contributed by atoms with Crippen LogP contribution in [0.1, 0.15) is 6.92 Å². The zero-order valence-electron chi connectivity index (χ0n) is 5.41. The normalized spacial score (nSPS) is 15.7. The summed E-state index contributed by atoms with van der Waals surface area (Å²) in [4.78, 5) is 2.11. The summed E-state index contributed by atoms with van der Waals surface area (Å²) in [6.45, 7) is 6.52. The van der Waals surface area contributed by atoms with Gasteiger partial charge in [0.1, 0.15) is 0 Å². The second-order valence-electron chi connectivity index (χ2n) is 1.93. The zero-order valence-corrected chi connectivity index (χ0v) is 5.41. The summed E-state index contributed by atoms with van der Waals surface area (Å²) in [5, 5.41) is 0. The first kappa shape index (κ1) is 10.1. The van der Waals surface area contributed by atoms with Gasteiger partial charge in [0.25, 0.3) is 6.04 Å². The maximum Gasteiger partial charge on any atom is 0.461 e. The zero-order chi connectivity index (χ0) is 9.28. The van der Waals surface area contributed by atoms with E-state index in [-0.39, 0.29) is 0 Å². The summed E-state index contributed by atoms with van der Waals surface area (Å²) in [6, 6.07) is -2.36. The molecule has 1 atom stereocenters. The monoisotopic (exact) mass is 173 g/mol. The Hall–Kier alpha value is -0.860. The Morgan fingerprint density at radius 2 is 1.55 bits per heavy atom. The molecule has 0 saturated heterocycles. The van der Waals surface area contributed by atoms with E-state index in [0.29, 0.717) is 6.92 Å². The molecule has 0 rings (SSSR count). The molecule has 0 bridgehead atoms. The molecule has 0 aliphatic heterocycles. The Morgan fingerprint density at radius 3 is 1.64 bits per heavy atom. The second-order valence-corrected chi connectivity index (χ2v) is 1.93. The largest absolute Gasteiger partial charge is 0.461 e. The van der Waals surface area contributed by atoms with E-state index in [1.54, 1.807) is 0 Å². The molecule has 0 aromatic heterocycles. The molecule has 0 heterocycles. The summed E-state index contributed by atoms with van der Waals surface area (Å²) in [6.07, 6.45) is -5.63. The molecule has 0 aliphatic rings. The van der Waals surface area contributed by atoms with Crippen molar-refractivity contribution in [3.8, 4) is 0 Å². The number of halogens is 5. The standard InChI is InChI=1S/C5H4F5N/c1-3(11-2)4(6,7)5(8,9)10/h3H,1H3. The van der Waals surface area contributed by atoms with Crippen LogP contribution in [0.15, 0.2) is 0 Å². The number of alkyl halides is 5. The average Bonchev–Trinajstić information content (AvgIpc) is 1.83. The number of hydrogen-bond donors (Lipinski definition) is 0. The molecule has 6 heteroatoms. The average molecular weight is 173 g/mol. The van der Waals surface area contributed by atoms with Gasteiger partial charge in [0, 0.05) is 6.92 Å². The fourth-order valence-electron chi connectivity index (χ4n) is 0.318. The van der Waals surface area contributed by atoms with Gasteiger partial charge in [-0.15, -0.1) is 0 Å². The van der Waals surface area contributed by atoms with Crippen molar-refractivity contribution in [3.05, 3.63) is 11.4 Å². The Bertz CT molecular complexity index is 176. The van der Waals surface area contributed by atoms with Crippen LogP contribution in [0.4, 0.5) is 22.0 Å². The third-order valence-electron chi connectivity index (χ3n) is 1.10. The van der Waals surface area contributed by atoms with E-state index < -0.39 is 18.1 Å². The van der Waals surface area contributed by atoms with Gasteiger partial charge in [-0.3, -0.25) is 0 Å². The summed E-state index contributed by atoms with van der Waals surface area (Å²) >= 11 is 0. The summed E-state index contributed by atoms with van der Waals surface area (Å²) in [7, 11) is 0. The predicted octanol–water partition coefficient (Wildman–Crippen LogP) is 2.49. The predicted molar refractivity (Wildman–Crippen MR) is 27.1 cm³/mol. The van der Waals surface area contributed by atoms with E-state index in [9.17, 15) is 22.0 Å². The van der Waals surface area contributed by atoms with Crippen LogP contribution in [0.2, 0.25) is 0 Å². The van der Waals surface area contributed by atoms with Crippen molar-refractivity contribution >= 4 is 0 Å². The van der Waals surface area contributed by atoms with E-state index in [4.69, 9.17) is 6.57 Å². The first-order valence-corrected chi connectivity index (χ1v) is 2.54. The molecule has 1 nitrogen and oxygen atoms in total. The van der Waals surface area contributed by atoms with Crippen LogP contribution in [0.3, 0.4) is 0 Å². The lowest BCUT2D eigenvalue weighted by Crippen LogP contribution is -2.44. The minimum Gasteiger partial charge on any atom is -0.307 e. The maximum absolute atomic E-state index is 12.0. The number of rotatable bonds is 1. The fourth-order valence-corrected chi connectivity index (χ4v) is 0.318. The van der Waals surface area contributed by atoms with Crippen molar-refractivity contribution in [1.29, 1.82) is 0 Å². The Morgan fingerprint density at radius 1 is 1.18 bits per heavy atom. The smallest absolute Gasteiger partial charge is 0.307 e. The van der Waals surface area contributed by atoms with Gasteiger partial charge in [0.15, 0.2) is 0 Å². The molecule has 0 amide bonds. The van der Waals surface area contributed by atoms with Gasteiger partial charge in [-0.05, 0) is 0 Å². The van der Waals surface area contributed by atoms with E-state index in [2.05, 4.69) is 4.85 Å². The van der Waals surface area contributed by atoms with Crippen LogP contribution in [-0.4, -0.2) is 18.1 Å². The van der Waals surface area contributed by atoms with Crippen molar-refractivity contribution in [2.45, 2.75) is 25.1 Å². The molecule has 0 fully saturated rings. The molecule has 0 spiro atoms. The van der Waals surface area contributed by atoms with E-state index in [1.807, 2.05) is 0 Å². The van der Waals surface area contributed by atoms with Gasteiger partial charge >= 0.3 is 12.1 Å². The van der Waals surface area contributed by atoms with Crippen LogP contribution < -0.4 is 0 Å². The van der Waals surface area contributed by atoms with Crippen molar-refractivity contribution in [2.24, 2.45) is 0 Å². The van der Waals surface area contributed by atoms with Gasteiger partial charge in [-0.1, -0.05) is 0 Å². The minimum atomic E-state index is -5.63. The highest BCUT2D eigenvalue weighted by Crippen LogP contribution is 2.39. The van der Waals surface area contributed by atoms with Crippen LogP contribution in [0.5, 0.6) is 0 Å². The SMILES string of the molecule is [C-]#[N+]C(C)C(F)(F)C(F)(F)F. The molecular weight excluding hydrogens is 169 g/mol. The highest BCUT2D eigenvalue weighted by atomic mass is 19.4. The molecule has 64 valence electrons. The molecule has 0 radical (unpaired) electrons. The van der Waals surface area contributed by atoms with Crippen molar-refractivity contribution < 1.29 is 22.0 Å². The molecule has 0 aliphatic carbocycles. The molecule has 0 saturated carbocycles. The summed E-state index contributed by atoms with van der Waals surface area (Å²) < 4.78 is 58.1. The Balaban J connectivity index is 4.62. The van der Waals surface area contributed by atoms with Crippen molar-refractivity contribution in [2.75, 3.05) is 0 Å². The van der Waals surface area contributed by atoms with Crippen molar-refractivity contribution in [3.63, 3.8) is 0 Å². The highest BCUT2D eigenvalue weighted by Gasteiger charge is 2.64. The van der Waals surface area contributed by atoms with Gasteiger partial charge in [-0.25, -0.2) is 6.57 Å². The first-order chi connectivity index (χ1) is 4.73. The molecule has 0 aromatic rings. The molecule has 0 N–H and O–H groups in total. The third kappa shape index (κ3) is 1.79. The minimum absolute atomic E-state index is 0.528. The summed E-state index contributed by atoms with van der Waals surface area (Å²) in [5.74, 6) is -4.91. The lowest BCUT2D eigenvalue weighted by molar-refractivity contribution is -0.284. The van der Waals surface area contributed by atoms with E-state index in [1.165, 1.54) is 0 Å². The van der Waals surface area contributed by atoms with Gasteiger partial charge in [0.05, 0.1) is 0 Å². The van der Waals surface area contributed by atoms with Crippen LogP contribution in [-0.2, 0) is 0 Å². The maximum atomic E-state index is 12.0.